The highest BCUT2D eigenvalue weighted by molar-refractivity contribution is 5.94. The summed E-state index contributed by atoms with van der Waals surface area (Å²) in [5.41, 5.74) is 0.564. The van der Waals surface area contributed by atoms with Crippen LogP contribution in [0.15, 0.2) is 18.2 Å². The molecule has 0 heterocycles. The van der Waals surface area contributed by atoms with Crippen molar-refractivity contribution in [1.29, 1.82) is 0 Å². The summed E-state index contributed by atoms with van der Waals surface area (Å²) in [6.07, 6.45) is 5.15. The van der Waals surface area contributed by atoms with Crippen molar-refractivity contribution in [3.63, 3.8) is 0 Å². The van der Waals surface area contributed by atoms with E-state index in [9.17, 15) is 4.79 Å². The molecule has 0 bridgehead atoms. The number of amides is 1. The van der Waals surface area contributed by atoms with E-state index in [-0.39, 0.29) is 17.9 Å². The quantitative estimate of drug-likeness (QED) is 0.840. The zero-order valence-electron chi connectivity index (χ0n) is 12.4. The fraction of sp³-hybridized carbons (Fsp3) is 0.438. The van der Waals surface area contributed by atoms with E-state index in [1.165, 1.54) is 7.11 Å². The van der Waals surface area contributed by atoms with Gasteiger partial charge in [-0.25, -0.2) is 0 Å². The minimum Gasteiger partial charge on any atom is -0.493 e. The van der Waals surface area contributed by atoms with E-state index in [0.717, 1.165) is 0 Å². The fourth-order valence-electron chi connectivity index (χ4n) is 1.49. The summed E-state index contributed by atoms with van der Waals surface area (Å²) in [4.78, 5) is 12.0. The van der Waals surface area contributed by atoms with E-state index < -0.39 is 0 Å². The highest BCUT2D eigenvalue weighted by atomic mass is 16.5. The van der Waals surface area contributed by atoms with Gasteiger partial charge in [0.1, 0.15) is 6.61 Å². The van der Waals surface area contributed by atoms with Gasteiger partial charge < -0.3 is 14.8 Å². The van der Waals surface area contributed by atoms with Crippen LogP contribution in [0.4, 0.5) is 0 Å². The highest BCUT2D eigenvalue weighted by Crippen LogP contribution is 2.28. The first-order chi connectivity index (χ1) is 9.37. The number of ether oxygens (including phenoxy) is 2. The molecule has 0 saturated carbocycles. The van der Waals surface area contributed by atoms with Crippen LogP contribution in [0.5, 0.6) is 11.5 Å². The van der Waals surface area contributed by atoms with Crippen LogP contribution in [0.3, 0.4) is 0 Å². The first-order valence-electron chi connectivity index (χ1n) is 6.40. The summed E-state index contributed by atoms with van der Waals surface area (Å²) in [6.45, 7) is 6.94. The van der Waals surface area contributed by atoms with Crippen molar-refractivity contribution >= 4 is 5.91 Å². The van der Waals surface area contributed by atoms with Crippen LogP contribution in [-0.2, 0) is 0 Å². The molecule has 0 unspecified atom stereocenters. The predicted octanol–water partition coefficient (Wildman–Crippen LogP) is 2.48. The molecule has 0 aliphatic carbocycles. The van der Waals surface area contributed by atoms with E-state index in [1.54, 1.807) is 18.2 Å². The maximum atomic E-state index is 12.0. The van der Waals surface area contributed by atoms with Gasteiger partial charge in [-0.3, -0.25) is 4.79 Å². The normalized spacial score (nSPS) is 10.6. The van der Waals surface area contributed by atoms with Crippen LogP contribution in [0.1, 0.15) is 31.1 Å². The number of rotatable bonds is 5. The number of benzene rings is 1. The number of hydrogen-bond acceptors (Lipinski definition) is 3. The molecule has 0 fully saturated rings. The topological polar surface area (TPSA) is 47.6 Å². The summed E-state index contributed by atoms with van der Waals surface area (Å²) in [7, 11) is 1.52. The minimum absolute atomic E-state index is 0.0373. The molecule has 4 nitrogen and oxygen atoms in total. The lowest BCUT2D eigenvalue weighted by molar-refractivity contribution is 0.0939. The largest absolute Gasteiger partial charge is 0.493 e. The Morgan fingerprint density at radius 3 is 2.60 bits per heavy atom. The number of carbonyl (C=O) groups excluding carboxylic acids is 1. The molecule has 0 atom stereocenters. The van der Waals surface area contributed by atoms with Crippen LogP contribution >= 0.6 is 0 Å². The van der Waals surface area contributed by atoms with E-state index in [0.29, 0.717) is 23.6 Å². The Morgan fingerprint density at radius 1 is 1.35 bits per heavy atom. The number of methoxy groups -OCH3 is 1. The summed E-state index contributed by atoms with van der Waals surface area (Å²) in [6, 6.07) is 5.01. The van der Waals surface area contributed by atoms with Gasteiger partial charge in [-0.1, -0.05) is 26.7 Å². The number of terminal acetylenes is 1. The Balaban J connectivity index is 2.82. The maximum Gasteiger partial charge on any atom is 0.251 e. The van der Waals surface area contributed by atoms with Crippen molar-refractivity contribution in [2.45, 2.75) is 20.8 Å². The van der Waals surface area contributed by atoms with E-state index in [4.69, 9.17) is 15.9 Å². The second-order valence-electron chi connectivity index (χ2n) is 5.60. The van der Waals surface area contributed by atoms with E-state index >= 15 is 0 Å². The van der Waals surface area contributed by atoms with Crippen molar-refractivity contribution in [2.75, 3.05) is 20.3 Å². The van der Waals surface area contributed by atoms with Crippen molar-refractivity contribution in [3.05, 3.63) is 23.8 Å². The molecule has 0 radical (unpaired) electrons. The first-order valence-corrected chi connectivity index (χ1v) is 6.40. The van der Waals surface area contributed by atoms with Gasteiger partial charge in [0.25, 0.3) is 5.91 Å². The zero-order valence-corrected chi connectivity index (χ0v) is 12.4. The molecule has 0 aromatic heterocycles. The first kappa shape index (κ1) is 15.9. The van der Waals surface area contributed by atoms with Gasteiger partial charge in [0.05, 0.1) is 7.11 Å². The molecule has 108 valence electrons. The Bertz CT molecular complexity index is 509. The molecular weight excluding hydrogens is 254 g/mol. The van der Waals surface area contributed by atoms with Crippen LogP contribution in [-0.4, -0.2) is 26.2 Å². The molecule has 1 aromatic carbocycles. The van der Waals surface area contributed by atoms with Crippen LogP contribution < -0.4 is 14.8 Å². The van der Waals surface area contributed by atoms with Gasteiger partial charge >= 0.3 is 0 Å². The van der Waals surface area contributed by atoms with Crippen molar-refractivity contribution in [1.82, 2.24) is 5.32 Å². The predicted molar refractivity (Wildman–Crippen MR) is 79.1 cm³/mol. The lowest BCUT2D eigenvalue weighted by atomic mass is 9.97. The standard InChI is InChI=1S/C16H21NO3/c1-6-9-20-13-8-7-12(10-14(13)19-5)15(18)17-11-16(2,3)4/h1,7-8,10H,9,11H2,2-5H3,(H,17,18). The van der Waals surface area contributed by atoms with Gasteiger partial charge in [-0.2, -0.15) is 0 Å². The number of nitrogens with one attached hydrogen (secondary N) is 1. The second kappa shape index (κ2) is 6.85. The Labute approximate surface area is 120 Å². The molecule has 0 aliphatic rings. The second-order valence-corrected chi connectivity index (χ2v) is 5.60. The third kappa shape index (κ3) is 4.85. The van der Waals surface area contributed by atoms with Crippen LogP contribution in [0.2, 0.25) is 0 Å². The van der Waals surface area contributed by atoms with Gasteiger partial charge in [0.2, 0.25) is 0 Å². The average Bonchev–Trinajstić information content (AvgIpc) is 2.41. The van der Waals surface area contributed by atoms with Gasteiger partial charge in [-0.15, -0.1) is 6.42 Å². The van der Waals surface area contributed by atoms with E-state index in [1.807, 2.05) is 0 Å². The van der Waals surface area contributed by atoms with Gasteiger partial charge in [0.15, 0.2) is 11.5 Å². The summed E-state index contributed by atoms with van der Waals surface area (Å²) in [5, 5.41) is 2.89. The van der Waals surface area contributed by atoms with Gasteiger partial charge in [0, 0.05) is 12.1 Å². The van der Waals surface area contributed by atoms with Gasteiger partial charge in [-0.05, 0) is 23.6 Å². The fourth-order valence-corrected chi connectivity index (χ4v) is 1.49. The van der Waals surface area contributed by atoms with Crippen LogP contribution in [0.25, 0.3) is 0 Å². The smallest absolute Gasteiger partial charge is 0.251 e. The molecule has 1 N–H and O–H groups in total. The van der Waals surface area contributed by atoms with Crippen LogP contribution in [0, 0.1) is 17.8 Å². The van der Waals surface area contributed by atoms with E-state index in [2.05, 4.69) is 32.0 Å². The molecular formula is C16H21NO3. The maximum absolute atomic E-state index is 12.0. The summed E-state index contributed by atoms with van der Waals surface area (Å²) < 4.78 is 10.5. The molecule has 20 heavy (non-hydrogen) atoms. The lowest BCUT2D eigenvalue weighted by Crippen LogP contribution is -2.32. The molecule has 0 saturated heterocycles. The average molecular weight is 275 g/mol. The molecule has 1 aromatic rings. The molecule has 4 heteroatoms. The molecule has 1 amide bonds. The third-order valence-electron chi connectivity index (χ3n) is 2.52. The molecule has 0 spiro atoms. The third-order valence-corrected chi connectivity index (χ3v) is 2.52. The zero-order chi connectivity index (χ0) is 15.2. The number of hydrogen-bond donors (Lipinski definition) is 1. The number of carbonyl (C=O) groups is 1. The monoisotopic (exact) mass is 275 g/mol. The SMILES string of the molecule is C#CCOc1ccc(C(=O)NCC(C)(C)C)cc1OC. The Hall–Kier alpha value is -2.15. The Kier molecular flexibility index (Phi) is 5.45. The lowest BCUT2D eigenvalue weighted by Gasteiger charge is -2.19. The Morgan fingerprint density at radius 2 is 2.05 bits per heavy atom. The van der Waals surface area contributed by atoms with Crippen molar-refractivity contribution in [2.24, 2.45) is 5.41 Å². The molecule has 0 aliphatic heterocycles. The highest BCUT2D eigenvalue weighted by Gasteiger charge is 2.15. The van der Waals surface area contributed by atoms with Crippen molar-refractivity contribution < 1.29 is 14.3 Å². The van der Waals surface area contributed by atoms with Crippen molar-refractivity contribution in [3.8, 4) is 23.8 Å². The minimum atomic E-state index is -0.137. The summed E-state index contributed by atoms with van der Waals surface area (Å²) in [5.74, 6) is 3.26. The summed E-state index contributed by atoms with van der Waals surface area (Å²) >= 11 is 0. The molecule has 1 rings (SSSR count).